The molecule has 3 aromatic carbocycles. The number of carbonyl (C=O) groups is 1. The third kappa shape index (κ3) is 3.58. The topological polar surface area (TPSA) is 84.8 Å². The van der Waals surface area contributed by atoms with E-state index in [1.165, 1.54) is 5.56 Å². The maximum absolute atomic E-state index is 11.6. The number of benzene rings is 3. The van der Waals surface area contributed by atoms with Crippen LogP contribution in [-0.4, -0.2) is 40.8 Å². The average molecular weight is 474 g/mol. The van der Waals surface area contributed by atoms with Crippen LogP contribution in [0.3, 0.4) is 0 Å². The van der Waals surface area contributed by atoms with Crippen molar-refractivity contribution in [3.8, 4) is 22.8 Å². The van der Waals surface area contributed by atoms with Crippen molar-refractivity contribution in [3.63, 3.8) is 0 Å². The van der Waals surface area contributed by atoms with E-state index in [1.54, 1.807) is 18.2 Å². The van der Waals surface area contributed by atoms with Crippen LogP contribution in [0.1, 0.15) is 22.3 Å². The van der Waals surface area contributed by atoms with Gasteiger partial charge in [0.25, 0.3) is 0 Å². The SMILES string of the molecule is O=C(O)c1ccc2nc(-c3ccc4c(c3)OCCO4)c(N3CCCc4ccc(Cl)cc43)nc2c1. The zero-order valence-electron chi connectivity index (χ0n) is 18.1. The number of rotatable bonds is 3. The zero-order valence-corrected chi connectivity index (χ0v) is 18.9. The molecule has 0 atom stereocenters. The van der Waals surface area contributed by atoms with Gasteiger partial charge in [-0.1, -0.05) is 17.7 Å². The summed E-state index contributed by atoms with van der Waals surface area (Å²) in [7, 11) is 0. The summed E-state index contributed by atoms with van der Waals surface area (Å²) in [5.41, 5.74) is 4.99. The monoisotopic (exact) mass is 473 g/mol. The number of hydrogen-bond acceptors (Lipinski definition) is 6. The van der Waals surface area contributed by atoms with Crippen molar-refractivity contribution in [2.24, 2.45) is 0 Å². The summed E-state index contributed by atoms with van der Waals surface area (Å²) in [6.07, 6.45) is 1.90. The number of aromatic nitrogens is 2. The van der Waals surface area contributed by atoms with Crippen LogP contribution in [0.4, 0.5) is 11.5 Å². The molecule has 0 bridgehead atoms. The molecule has 7 nitrogen and oxygen atoms in total. The minimum Gasteiger partial charge on any atom is -0.486 e. The first-order valence-corrected chi connectivity index (χ1v) is 11.5. The number of fused-ring (bicyclic) bond motifs is 3. The first-order chi connectivity index (χ1) is 16.6. The predicted octanol–water partition coefficient (Wildman–Crippen LogP) is 5.50. The minimum atomic E-state index is -1.00. The third-order valence-corrected chi connectivity index (χ3v) is 6.37. The molecule has 0 spiro atoms. The molecule has 3 heterocycles. The fourth-order valence-electron chi connectivity index (χ4n) is 4.52. The quantitative estimate of drug-likeness (QED) is 0.420. The highest BCUT2D eigenvalue weighted by atomic mass is 35.5. The number of carboxylic acids is 1. The van der Waals surface area contributed by atoms with Gasteiger partial charge in [0, 0.05) is 22.8 Å². The van der Waals surface area contributed by atoms with Crippen molar-refractivity contribution >= 4 is 40.1 Å². The Morgan fingerprint density at radius 3 is 2.65 bits per heavy atom. The Hall–Kier alpha value is -3.84. The average Bonchev–Trinajstić information content (AvgIpc) is 2.87. The van der Waals surface area contributed by atoms with E-state index in [0.717, 1.165) is 30.6 Å². The molecule has 1 aromatic heterocycles. The Morgan fingerprint density at radius 1 is 0.941 bits per heavy atom. The summed E-state index contributed by atoms with van der Waals surface area (Å²) < 4.78 is 11.5. The van der Waals surface area contributed by atoms with E-state index in [-0.39, 0.29) is 5.56 Å². The van der Waals surface area contributed by atoms with E-state index in [9.17, 15) is 9.90 Å². The molecule has 4 aromatic rings. The summed E-state index contributed by atoms with van der Waals surface area (Å²) in [6, 6.07) is 16.4. The summed E-state index contributed by atoms with van der Waals surface area (Å²) in [5, 5.41) is 10.1. The van der Waals surface area contributed by atoms with Crippen molar-refractivity contribution in [2.75, 3.05) is 24.7 Å². The molecule has 0 unspecified atom stereocenters. The van der Waals surface area contributed by atoms with Gasteiger partial charge in [0.2, 0.25) is 0 Å². The van der Waals surface area contributed by atoms with Gasteiger partial charge in [-0.05, 0) is 66.9 Å². The lowest BCUT2D eigenvalue weighted by Gasteiger charge is -2.32. The van der Waals surface area contributed by atoms with Crippen LogP contribution in [0, 0.1) is 0 Å². The lowest BCUT2D eigenvalue weighted by atomic mass is 10.0. The van der Waals surface area contributed by atoms with Crippen molar-refractivity contribution in [2.45, 2.75) is 12.8 Å². The molecule has 1 N–H and O–H groups in total. The highest BCUT2D eigenvalue weighted by Gasteiger charge is 2.25. The number of anilines is 2. The van der Waals surface area contributed by atoms with Crippen LogP contribution in [-0.2, 0) is 6.42 Å². The number of nitrogens with zero attached hydrogens (tertiary/aromatic N) is 3. The second-order valence-electron chi connectivity index (χ2n) is 8.29. The van der Waals surface area contributed by atoms with Gasteiger partial charge >= 0.3 is 5.97 Å². The fourth-order valence-corrected chi connectivity index (χ4v) is 4.68. The first-order valence-electron chi connectivity index (χ1n) is 11.1. The van der Waals surface area contributed by atoms with Gasteiger partial charge in [-0.2, -0.15) is 0 Å². The molecule has 6 rings (SSSR count). The maximum atomic E-state index is 11.6. The second kappa shape index (κ2) is 8.18. The van der Waals surface area contributed by atoms with Gasteiger partial charge < -0.3 is 19.5 Å². The number of hydrogen-bond donors (Lipinski definition) is 1. The third-order valence-electron chi connectivity index (χ3n) is 6.13. The normalized spacial score (nSPS) is 14.7. The number of carboxylic acid groups (broad SMARTS) is 1. The first kappa shape index (κ1) is 20.7. The van der Waals surface area contributed by atoms with Gasteiger partial charge in [-0.25, -0.2) is 14.8 Å². The molecule has 2 aliphatic heterocycles. The molecule has 0 aliphatic carbocycles. The van der Waals surface area contributed by atoms with Crippen LogP contribution < -0.4 is 14.4 Å². The minimum absolute atomic E-state index is 0.168. The van der Waals surface area contributed by atoms with E-state index in [1.807, 2.05) is 36.4 Å². The van der Waals surface area contributed by atoms with Gasteiger partial charge in [-0.3, -0.25) is 0 Å². The molecule has 0 saturated carbocycles. The summed E-state index contributed by atoms with van der Waals surface area (Å²) in [6.45, 7) is 1.75. The molecular formula is C26H20ClN3O4. The van der Waals surface area contributed by atoms with Crippen LogP contribution in [0.2, 0.25) is 5.02 Å². The largest absolute Gasteiger partial charge is 0.486 e. The summed E-state index contributed by atoms with van der Waals surface area (Å²) in [4.78, 5) is 23.6. The molecule has 8 heteroatoms. The predicted molar refractivity (Wildman–Crippen MR) is 130 cm³/mol. The molecule has 34 heavy (non-hydrogen) atoms. The summed E-state index contributed by atoms with van der Waals surface area (Å²) in [5.74, 6) is 1.01. The Labute approximate surface area is 200 Å². The molecule has 170 valence electrons. The highest BCUT2D eigenvalue weighted by Crippen LogP contribution is 2.41. The Bertz CT molecular complexity index is 1460. The standard InChI is InChI=1S/C26H20ClN3O4/c27-18-6-3-15-2-1-9-30(21(15)14-18)25-24(16-5-8-22-23(13-16)34-11-10-33-22)28-19-7-4-17(26(31)32)12-20(19)29-25/h3-8,12-14H,1-2,9-11H2,(H,31,32). The molecular weight excluding hydrogens is 454 g/mol. The van der Waals surface area contributed by atoms with Crippen LogP contribution in [0.5, 0.6) is 11.5 Å². The van der Waals surface area contributed by atoms with Crippen molar-refractivity contribution in [1.82, 2.24) is 9.97 Å². The van der Waals surface area contributed by atoms with E-state index < -0.39 is 5.97 Å². The van der Waals surface area contributed by atoms with Gasteiger partial charge in [0.05, 0.1) is 16.6 Å². The number of aryl methyl sites for hydroxylation is 1. The Morgan fingerprint density at radius 2 is 1.79 bits per heavy atom. The van der Waals surface area contributed by atoms with Crippen molar-refractivity contribution < 1.29 is 19.4 Å². The van der Waals surface area contributed by atoms with E-state index in [4.69, 9.17) is 31.0 Å². The Balaban J connectivity index is 1.59. The smallest absolute Gasteiger partial charge is 0.335 e. The number of halogens is 1. The molecule has 2 aliphatic rings. The Kier molecular flexibility index (Phi) is 4.99. The fraction of sp³-hybridized carbons (Fsp3) is 0.192. The van der Waals surface area contributed by atoms with E-state index in [0.29, 0.717) is 52.3 Å². The van der Waals surface area contributed by atoms with Gasteiger partial charge in [0.15, 0.2) is 17.3 Å². The number of ether oxygens (including phenoxy) is 2. The summed E-state index contributed by atoms with van der Waals surface area (Å²) >= 11 is 6.36. The second-order valence-corrected chi connectivity index (χ2v) is 8.73. The van der Waals surface area contributed by atoms with Crippen LogP contribution in [0.15, 0.2) is 54.6 Å². The van der Waals surface area contributed by atoms with Crippen LogP contribution in [0.25, 0.3) is 22.3 Å². The van der Waals surface area contributed by atoms with Crippen molar-refractivity contribution in [3.05, 3.63) is 70.7 Å². The molecule has 0 fully saturated rings. The lowest BCUT2D eigenvalue weighted by molar-refractivity contribution is 0.0697. The molecule has 0 radical (unpaired) electrons. The lowest BCUT2D eigenvalue weighted by Crippen LogP contribution is -2.26. The maximum Gasteiger partial charge on any atom is 0.335 e. The van der Waals surface area contributed by atoms with E-state index >= 15 is 0 Å². The van der Waals surface area contributed by atoms with Gasteiger partial charge in [-0.15, -0.1) is 0 Å². The van der Waals surface area contributed by atoms with Crippen molar-refractivity contribution in [1.29, 1.82) is 0 Å². The van der Waals surface area contributed by atoms with Gasteiger partial charge in [0.1, 0.15) is 18.9 Å². The van der Waals surface area contributed by atoms with Crippen LogP contribution >= 0.6 is 11.6 Å². The van der Waals surface area contributed by atoms with E-state index in [2.05, 4.69) is 4.90 Å². The zero-order chi connectivity index (χ0) is 23.2. The molecule has 0 saturated heterocycles. The highest BCUT2D eigenvalue weighted by molar-refractivity contribution is 6.30. The number of aromatic carboxylic acids is 1. The molecule has 0 amide bonds.